The van der Waals surface area contributed by atoms with Crippen LogP contribution in [0, 0.1) is 0 Å². The van der Waals surface area contributed by atoms with E-state index in [1.54, 1.807) is 18.2 Å². The van der Waals surface area contributed by atoms with Gasteiger partial charge in [0.15, 0.2) is 12.0 Å². The molecule has 0 radical (unpaired) electrons. The van der Waals surface area contributed by atoms with Gasteiger partial charge >= 0.3 is 5.97 Å². The summed E-state index contributed by atoms with van der Waals surface area (Å²) < 4.78 is 5.02. The molecular formula is C10H7NO3. The smallest absolute Gasteiger partial charge is 0.335 e. The third-order valence-corrected chi connectivity index (χ3v) is 1.94. The molecule has 0 unspecified atom stereocenters. The van der Waals surface area contributed by atoms with Crippen LogP contribution in [0.15, 0.2) is 35.6 Å². The van der Waals surface area contributed by atoms with E-state index >= 15 is 0 Å². The van der Waals surface area contributed by atoms with E-state index in [9.17, 15) is 4.79 Å². The number of oxazole rings is 1. The zero-order valence-corrected chi connectivity index (χ0v) is 7.23. The molecule has 0 bridgehead atoms. The topological polar surface area (TPSA) is 63.3 Å². The van der Waals surface area contributed by atoms with Crippen LogP contribution in [-0.4, -0.2) is 16.1 Å². The molecule has 1 aromatic carbocycles. The van der Waals surface area contributed by atoms with Crippen LogP contribution in [0.3, 0.4) is 0 Å². The SMILES string of the molecule is C=C(C(=O)O)c1ccc2ocnc2c1. The fourth-order valence-corrected chi connectivity index (χ4v) is 1.17. The van der Waals surface area contributed by atoms with E-state index in [4.69, 9.17) is 9.52 Å². The van der Waals surface area contributed by atoms with Crippen molar-refractivity contribution in [2.24, 2.45) is 0 Å². The summed E-state index contributed by atoms with van der Waals surface area (Å²) in [5, 5.41) is 8.71. The number of hydrogen-bond acceptors (Lipinski definition) is 3. The fraction of sp³-hybridized carbons (Fsp3) is 0. The number of benzene rings is 1. The first-order valence-corrected chi connectivity index (χ1v) is 3.94. The van der Waals surface area contributed by atoms with Gasteiger partial charge in [-0.05, 0) is 17.7 Å². The number of nitrogens with zero attached hydrogens (tertiary/aromatic N) is 1. The highest BCUT2D eigenvalue weighted by atomic mass is 16.4. The van der Waals surface area contributed by atoms with Gasteiger partial charge in [0.1, 0.15) is 5.52 Å². The molecule has 0 aliphatic carbocycles. The van der Waals surface area contributed by atoms with E-state index in [-0.39, 0.29) is 5.57 Å². The molecule has 0 saturated carbocycles. The van der Waals surface area contributed by atoms with E-state index in [0.717, 1.165) is 0 Å². The van der Waals surface area contributed by atoms with Crippen molar-refractivity contribution in [1.82, 2.24) is 4.98 Å². The average molecular weight is 189 g/mol. The van der Waals surface area contributed by atoms with E-state index in [2.05, 4.69) is 11.6 Å². The van der Waals surface area contributed by atoms with Gasteiger partial charge in [0.25, 0.3) is 0 Å². The molecule has 14 heavy (non-hydrogen) atoms. The second-order valence-corrected chi connectivity index (χ2v) is 2.82. The number of fused-ring (bicyclic) bond motifs is 1. The molecule has 4 nitrogen and oxygen atoms in total. The second-order valence-electron chi connectivity index (χ2n) is 2.82. The molecule has 2 rings (SSSR count). The Kier molecular flexibility index (Phi) is 1.81. The van der Waals surface area contributed by atoms with E-state index in [0.29, 0.717) is 16.7 Å². The summed E-state index contributed by atoms with van der Waals surface area (Å²) in [4.78, 5) is 14.6. The van der Waals surface area contributed by atoms with Crippen molar-refractivity contribution in [1.29, 1.82) is 0 Å². The second kappa shape index (κ2) is 2.99. The van der Waals surface area contributed by atoms with Crippen molar-refractivity contribution in [3.8, 4) is 0 Å². The van der Waals surface area contributed by atoms with Crippen molar-refractivity contribution in [3.05, 3.63) is 36.7 Å². The van der Waals surface area contributed by atoms with Gasteiger partial charge in [-0.15, -0.1) is 0 Å². The van der Waals surface area contributed by atoms with Crippen molar-refractivity contribution in [2.75, 3.05) is 0 Å². The molecule has 1 N–H and O–H groups in total. The first kappa shape index (κ1) is 8.50. The van der Waals surface area contributed by atoms with Gasteiger partial charge in [-0.25, -0.2) is 9.78 Å². The molecule has 1 heterocycles. The molecule has 0 saturated heterocycles. The van der Waals surface area contributed by atoms with Crippen molar-refractivity contribution < 1.29 is 14.3 Å². The highest BCUT2D eigenvalue weighted by molar-refractivity contribution is 6.14. The van der Waals surface area contributed by atoms with E-state index in [1.807, 2.05) is 0 Å². The summed E-state index contributed by atoms with van der Waals surface area (Å²) in [6.07, 6.45) is 1.32. The molecule has 0 aliphatic heterocycles. The number of carboxylic acid groups (broad SMARTS) is 1. The Hall–Kier alpha value is -2.10. The fourth-order valence-electron chi connectivity index (χ4n) is 1.17. The van der Waals surface area contributed by atoms with Gasteiger partial charge in [-0.1, -0.05) is 12.6 Å². The largest absolute Gasteiger partial charge is 0.478 e. The van der Waals surface area contributed by atoms with Crippen LogP contribution in [0.4, 0.5) is 0 Å². The molecule has 4 heteroatoms. The van der Waals surface area contributed by atoms with Gasteiger partial charge in [-0.2, -0.15) is 0 Å². The molecule has 1 aromatic heterocycles. The van der Waals surface area contributed by atoms with Crippen LogP contribution in [0.2, 0.25) is 0 Å². The molecule has 0 atom stereocenters. The summed E-state index contributed by atoms with van der Waals surface area (Å²) in [5.41, 5.74) is 1.85. The summed E-state index contributed by atoms with van der Waals surface area (Å²) in [5.74, 6) is -1.03. The standard InChI is InChI=1S/C10H7NO3/c1-6(10(12)13)7-2-3-9-8(4-7)11-5-14-9/h2-5H,1H2,(H,12,13). The monoisotopic (exact) mass is 189 g/mol. The molecule has 0 spiro atoms. The molecule has 70 valence electrons. The third-order valence-electron chi connectivity index (χ3n) is 1.94. The molecule has 0 aliphatic rings. The zero-order chi connectivity index (χ0) is 10.1. The van der Waals surface area contributed by atoms with Crippen LogP contribution in [0.1, 0.15) is 5.56 Å². The van der Waals surface area contributed by atoms with Crippen LogP contribution >= 0.6 is 0 Å². The van der Waals surface area contributed by atoms with Gasteiger partial charge in [0.05, 0.1) is 5.57 Å². The molecule has 0 amide bonds. The van der Waals surface area contributed by atoms with Crippen LogP contribution in [0.25, 0.3) is 16.7 Å². The maximum absolute atomic E-state index is 10.6. The van der Waals surface area contributed by atoms with Crippen LogP contribution in [0.5, 0.6) is 0 Å². The number of carboxylic acids is 1. The highest BCUT2D eigenvalue weighted by Gasteiger charge is 2.08. The zero-order valence-electron chi connectivity index (χ0n) is 7.23. The van der Waals surface area contributed by atoms with Crippen molar-refractivity contribution in [2.45, 2.75) is 0 Å². The minimum absolute atomic E-state index is 0.0508. The first-order valence-electron chi connectivity index (χ1n) is 3.94. The number of aliphatic carboxylic acids is 1. The molecule has 2 aromatic rings. The molecular weight excluding hydrogens is 182 g/mol. The lowest BCUT2D eigenvalue weighted by molar-refractivity contribution is -0.130. The Bertz CT molecular complexity index is 513. The predicted molar refractivity (Wildman–Crippen MR) is 50.7 cm³/mol. The third kappa shape index (κ3) is 1.26. The number of rotatable bonds is 2. The van der Waals surface area contributed by atoms with Gasteiger partial charge in [0, 0.05) is 0 Å². The Morgan fingerprint density at radius 1 is 1.50 bits per heavy atom. The van der Waals surface area contributed by atoms with E-state index in [1.165, 1.54) is 6.39 Å². The van der Waals surface area contributed by atoms with Crippen molar-refractivity contribution >= 4 is 22.6 Å². The summed E-state index contributed by atoms with van der Waals surface area (Å²) in [6.45, 7) is 3.46. The summed E-state index contributed by atoms with van der Waals surface area (Å²) >= 11 is 0. The quantitative estimate of drug-likeness (QED) is 0.733. The van der Waals surface area contributed by atoms with Crippen LogP contribution < -0.4 is 0 Å². The van der Waals surface area contributed by atoms with E-state index < -0.39 is 5.97 Å². The predicted octanol–water partition coefficient (Wildman–Crippen LogP) is 1.93. The number of hydrogen-bond donors (Lipinski definition) is 1. The Morgan fingerprint density at radius 2 is 2.29 bits per heavy atom. The maximum atomic E-state index is 10.6. The number of aromatic nitrogens is 1. The normalized spacial score (nSPS) is 10.3. The Morgan fingerprint density at radius 3 is 3.00 bits per heavy atom. The van der Waals surface area contributed by atoms with Gasteiger partial charge in [0.2, 0.25) is 0 Å². The summed E-state index contributed by atoms with van der Waals surface area (Å²) in [6, 6.07) is 4.95. The maximum Gasteiger partial charge on any atom is 0.335 e. The minimum atomic E-state index is -1.03. The highest BCUT2D eigenvalue weighted by Crippen LogP contribution is 2.19. The average Bonchev–Trinajstić information content (AvgIpc) is 2.62. The Balaban J connectivity index is 2.54. The lowest BCUT2D eigenvalue weighted by Gasteiger charge is -1.98. The van der Waals surface area contributed by atoms with Gasteiger partial charge < -0.3 is 9.52 Å². The number of carbonyl (C=O) groups is 1. The van der Waals surface area contributed by atoms with Crippen molar-refractivity contribution in [3.63, 3.8) is 0 Å². The lowest BCUT2D eigenvalue weighted by atomic mass is 10.1. The first-order chi connectivity index (χ1) is 6.68. The lowest BCUT2D eigenvalue weighted by Crippen LogP contribution is -1.97. The van der Waals surface area contributed by atoms with Gasteiger partial charge in [-0.3, -0.25) is 0 Å². The van der Waals surface area contributed by atoms with Crippen LogP contribution in [-0.2, 0) is 4.79 Å². The molecule has 0 fully saturated rings. The Labute approximate surface area is 79.5 Å². The summed E-state index contributed by atoms with van der Waals surface area (Å²) in [7, 11) is 0. The minimum Gasteiger partial charge on any atom is -0.478 e.